The molecule has 6 N–H and O–H groups in total. The predicted molar refractivity (Wildman–Crippen MR) is 134 cm³/mol. The molecule has 0 fully saturated rings. The largest absolute Gasteiger partial charge is 0.399 e. The summed E-state index contributed by atoms with van der Waals surface area (Å²) in [5, 5.41) is 5.23. The summed E-state index contributed by atoms with van der Waals surface area (Å²) in [4.78, 5) is 44.8. The maximum Gasteiger partial charge on any atom is 0.336 e. The second kappa shape index (κ2) is 16.7. The molecule has 0 aliphatic carbocycles. The van der Waals surface area contributed by atoms with Gasteiger partial charge in [0.2, 0.25) is 0 Å². The van der Waals surface area contributed by atoms with E-state index in [-0.39, 0.29) is 18.3 Å². The normalized spacial score (nSPS) is 10.4. The Kier molecular flexibility index (Phi) is 14.8. The van der Waals surface area contributed by atoms with Crippen molar-refractivity contribution in [1.82, 2.24) is 10.6 Å². The van der Waals surface area contributed by atoms with Crippen molar-refractivity contribution >= 4 is 35.6 Å². The molecule has 2 aromatic carbocycles. The highest BCUT2D eigenvalue weighted by Gasteiger charge is 2.26. The number of esters is 1. The molecule has 9 heteroatoms. The van der Waals surface area contributed by atoms with E-state index < -0.39 is 17.9 Å². The summed E-state index contributed by atoms with van der Waals surface area (Å²) >= 11 is 0. The van der Waals surface area contributed by atoms with Crippen LogP contribution < -0.4 is 22.1 Å². The van der Waals surface area contributed by atoms with Crippen molar-refractivity contribution < 1.29 is 23.9 Å². The summed E-state index contributed by atoms with van der Waals surface area (Å²) in [7, 11) is 0. The summed E-state index contributed by atoms with van der Waals surface area (Å²) in [6.45, 7) is 10.3. The number of nitrogens with one attached hydrogen (secondary N) is 2. The molecule has 2 aromatic rings. The van der Waals surface area contributed by atoms with Gasteiger partial charge in [0.1, 0.15) is 6.04 Å². The van der Waals surface area contributed by atoms with Crippen molar-refractivity contribution in [3.63, 3.8) is 0 Å². The highest BCUT2D eigenvalue weighted by molar-refractivity contribution is 5.97. The molecular weight excluding hydrogens is 436 g/mol. The van der Waals surface area contributed by atoms with Crippen LogP contribution in [0.1, 0.15) is 61.8 Å². The molecule has 0 saturated carbocycles. The van der Waals surface area contributed by atoms with Gasteiger partial charge in [-0.25, -0.2) is 4.79 Å². The molecule has 0 bridgehead atoms. The fourth-order valence-electron chi connectivity index (χ4n) is 2.37. The van der Waals surface area contributed by atoms with E-state index in [9.17, 15) is 19.2 Å². The van der Waals surface area contributed by atoms with Crippen LogP contribution in [0, 0.1) is 5.92 Å². The van der Waals surface area contributed by atoms with Crippen molar-refractivity contribution in [3.8, 4) is 0 Å². The van der Waals surface area contributed by atoms with Gasteiger partial charge in [-0.2, -0.15) is 0 Å². The number of hydrogen-bond acceptors (Lipinski definition) is 7. The number of carbonyl (C=O) groups is 4. The van der Waals surface area contributed by atoms with Gasteiger partial charge in [-0.05, 0) is 61.4 Å². The molecular formula is C25H36N4O5. The van der Waals surface area contributed by atoms with Crippen LogP contribution in [0.25, 0.3) is 0 Å². The lowest BCUT2D eigenvalue weighted by Gasteiger charge is -2.19. The predicted octanol–water partition coefficient (Wildman–Crippen LogP) is 3.16. The average Bonchev–Trinajstić information content (AvgIpc) is 2.79. The standard InChI is InChI=1S/C13H16N2O4.C9H12N2O.C3H8/c1-8(2)11(13(18)19-7-16)15-12(17)9-3-5-10(14)6-4-9;1-2-11-9(12)7-3-5-8(10)6-4-7;1-3-2/h3-8,11H,14H2,1-2H3,(H,15,17);3-6H,2,10H2,1H3,(H,11,12);3H2,1-2H3. The molecule has 2 rings (SSSR count). The zero-order valence-electron chi connectivity index (χ0n) is 20.5. The molecule has 1 unspecified atom stereocenters. The second-order valence-corrected chi connectivity index (χ2v) is 7.54. The van der Waals surface area contributed by atoms with Crippen molar-refractivity contribution in [2.75, 3.05) is 18.0 Å². The maximum atomic E-state index is 11.9. The number of nitrogen functional groups attached to an aromatic ring is 2. The van der Waals surface area contributed by atoms with Crippen LogP contribution in [0.3, 0.4) is 0 Å². The van der Waals surface area contributed by atoms with Gasteiger partial charge in [-0.3, -0.25) is 14.4 Å². The molecule has 0 heterocycles. The number of hydrogen-bond donors (Lipinski definition) is 4. The van der Waals surface area contributed by atoms with E-state index >= 15 is 0 Å². The van der Waals surface area contributed by atoms with Crippen LogP contribution in [0.15, 0.2) is 48.5 Å². The Balaban J connectivity index is 0.000000619. The molecule has 2 amide bonds. The number of rotatable bonds is 7. The van der Waals surface area contributed by atoms with Crippen molar-refractivity contribution in [2.45, 2.75) is 47.1 Å². The van der Waals surface area contributed by atoms with Crippen LogP contribution in [-0.2, 0) is 14.3 Å². The highest BCUT2D eigenvalue weighted by Crippen LogP contribution is 2.09. The van der Waals surface area contributed by atoms with Crippen molar-refractivity contribution in [2.24, 2.45) is 5.92 Å². The van der Waals surface area contributed by atoms with Crippen LogP contribution >= 0.6 is 0 Å². The first-order valence-corrected chi connectivity index (χ1v) is 11.0. The minimum atomic E-state index is -0.879. The number of nitrogens with two attached hydrogens (primary N) is 2. The van der Waals surface area contributed by atoms with Gasteiger partial charge in [0.25, 0.3) is 11.8 Å². The zero-order chi connectivity index (χ0) is 26.1. The monoisotopic (exact) mass is 472 g/mol. The third-order valence-corrected chi connectivity index (χ3v) is 4.05. The first-order valence-electron chi connectivity index (χ1n) is 11.0. The van der Waals surface area contributed by atoms with Crippen LogP contribution in [-0.4, -0.2) is 36.8 Å². The first-order chi connectivity index (χ1) is 16.1. The summed E-state index contributed by atoms with van der Waals surface area (Å²) in [6, 6.07) is 12.2. The quantitative estimate of drug-likeness (QED) is 0.209. The Morgan fingerprint density at radius 3 is 1.62 bits per heavy atom. The van der Waals surface area contributed by atoms with Gasteiger partial charge in [0.05, 0.1) is 0 Å². The summed E-state index contributed by atoms with van der Waals surface area (Å²) in [5.41, 5.74) is 13.2. The third-order valence-electron chi connectivity index (χ3n) is 4.05. The Morgan fingerprint density at radius 2 is 1.26 bits per heavy atom. The van der Waals surface area contributed by atoms with Gasteiger partial charge >= 0.3 is 12.4 Å². The SMILES string of the molecule is CC(C)C(NC(=O)c1ccc(N)cc1)C(=O)OC=O.CCC.CCNC(=O)c1ccc(N)cc1. The Hall–Kier alpha value is -3.88. The summed E-state index contributed by atoms with van der Waals surface area (Å²) in [5.74, 6) is -1.47. The molecule has 1 atom stereocenters. The molecule has 0 aliphatic rings. The van der Waals surface area contributed by atoms with Gasteiger partial charge in [0.15, 0.2) is 0 Å². The molecule has 0 saturated heterocycles. The van der Waals surface area contributed by atoms with Gasteiger partial charge < -0.3 is 26.8 Å². The first kappa shape index (κ1) is 30.1. The van der Waals surface area contributed by atoms with E-state index in [0.29, 0.717) is 29.0 Å². The van der Waals surface area contributed by atoms with E-state index in [1.807, 2.05) is 6.92 Å². The molecule has 186 valence electrons. The molecule has 9 nitrogen and oxygen atoms in total. The number of benzene rings is 2. The number of anilines is 2. The minimum Gasteiger partial charge on any atom is -0.399 e. The second-order valence-electron chi connectivity index (χ2n) is 7.54. The molecule has 0 spiro atoms. The Bertz CT molecular complexity index is 897. The summed E-state index contributed by atoms with van der Waals surface area (Å²) < 4.78 is 4.27. The lowest BCUT2D eigenvalue weighted by atomic mass is 10.0. The lowest BCUT2D eigenvalue weighted by Crippen LogP contribution is -2.45. The number of carbonyl (C=O) groups excluding carboxylic acids is 4. The van der Waals surface area contributed by atoms with E-state index in [0.717, 1.165) is 0 Å². The van der Waals surface area contributed by atoms with E-state index in [1.54, 1.807) is 62.4 Å². The Labute approximate surface area is 201 Å². The van der Waals surface area contributed by atoms with Crippen molar-refractivity contribution in [3.05, 3.63) is 59.7 Å². The molecule has 0 aromatic heterocycles. The molecule has 0 radical (unpaired) electrons. The fourth-order valence-corrected chi connectivity index (χ4v) is 2.37. The van der Waals surface area contributed by atoms with Crippen molar-refractivity contribution in [1.29, 1.82) is 0 Å². The topological polar surface area (TPSA) is 154 Å². The zero-order valence-corrected chi connectivity index (χ0v) is 20.5. The fraction of sp³-hybridized carbons (Fsp3) is 0.360. The van der Waals surface area contributed by atoms with E-state index in [4.69, 9.17) is 11.5 Å². The minimum absolute atomic E-state index is 0.0487. The lowest BCUT2D eigenvalue weighted by molar-refractivity contribution is -0.153. The van der Waals surface area contributed by atoms with Gasteiger partial charge in [0, 0.05) is 29.0 Å². The molecule has 34 heavy (non-hydrogen) atoms. The average molecular weight is 473 g/mol. The molecule has 0 aliphatic heterocycles. The summed E-state index contributed by atoms with van der Waals surface area (Å²) in [6.07, 6.45) is 1.25. The van der Waals surface area contributed by atoms with Gasteiger partial charge in [-0.15, -0.1) is 0 Å². The Morgan fingerprint density at radius 1 is 0.853 bits per heavy atom. The highest BCUT2D eigenvalue weighted by atomic mass is 16.6. The van der Waals surface area contributed by atoms with Crippen LogP contribution in [0.5, 0.6) is 0 Å². The van der Waals surface area contributed by atoms with Gasteiger partial charge in [-0.1, -0.05) is 34.1 Å². The van der Waals surface area contributed by atoms with E-state index in [1.165, 1.54) is 6.42 Å². The smallest absolute Gasteiger partial charge is 0.336 e. The maximum absolute atomic E-state index is 11.9. The third kappa shape index (κ3) is 11.7. The number of amides is 2. The van der Waals surface area contributed by atoms with E-state index in [2.05, 4.69) is 29.2 Å². The number of ether oxygens (including phenoxy) is 1. The van der Waals surface area contributed by atoms with Crippen LogP contribution in [0.2, 0.25) is 0 Å². The van der Waals surface area contributed by atoms with Crippen LogP contribution in [0.4, 0.5) is 11.4 Å².